The van der Waals surface area contributed by atoms with Crippen LogP contribution in [-0.2, 0) is 6.54 Å². The normalized spacial score (nSPS) is 10.6. The van der Waals surface area contributed by atoms with Crippen LogP contribution in [0.2, 0.25) is 5.02 Å². The summed E-state index contributed by atoms with van der Waals surface area (Å²) < 4.78 is 2.09. The van der Waals surface area contributed by atoms with Gasteiger partial charge in [0.05, 0.1) is 16.7 Å². The Bertz CT molecular complexity index is 723. The maximum Gasteiger partial charge on any atom is 0.348 e. The Hall–Kier alpha value is -1.46. The fourth-order valence-electron chi connectivity index (χ4n) is 1.83. The van der Waals surface area contributed by atoms with Gasteiger partial charge in [-0.2, -0.15) is 4.98 Å². The van der Waals surface area contributed by atoms with E-state index in [1.165, 1.54) is 4.57 Å². The first-order valence-electron chi connectivity index (χ1n) is 5.92. The molecule has 1 heterocycles. The van der Waals surface area contributed by atoms with E-state index in [4.69, 9.17) is 11.6 Å². The highest BCUT2D eigenvalue weighted by molar-refractivity contribution is 9.10. The van der Waals surface area contributed by atoms with Crippen molar-refractivity contribution in [1.29, 1.82) is 0 Å². The zero-order valence-electron chi connectivity index (χ0n) is 11.0. The fourth-order valence-corrected chi connectivity index (χ4v) is 2.26. The van der Waals surface area contributed by atoms with Gasteiger partial charge in [-0.3, -0.25) is 9.36 Å². The largest absolute Gasteiger partial charge is 0.348 e. The maximum atomic E-state index is 12.2. The molecule has 20 heavy (non-hydrogen) atoms. The second-order valence-corrected chi connectivity index (χ2v) is 5.62. The molecule has 0 aliphatic rings. The lowest BCUT2D eigenvalue weighted by Gasteiger charge is -2.11. The van der Waals surface area contributed by atoms with Gasteiger partial charge < -0.3 is 0 Å². The van der Waals surface area contributed by atoms with Crippen LogP contribution in [0.25, 0.3) is 0 Å². The first-order chi connectivity index (χ1) is 9.40. The summed E-state index contributed by atoms with van der Waals surface area (Å²) in [6.45, 7) is 3.47. The summed E-state index contributed by atoms with van der Waals surface area (Å²) in [6, 6.07) is 6.57. The molecule has 0 radical (unpaired) electrons. The van der Waals surface area contributed by atoms with Crippen molar-refractivity contribution in [3.8, 4) is 0 Å². The molecule has 0 amide bonds. The molecule has 0 saturated carbocycles. The lowest BCUT2D eigenvalue weighted by atomic mass is 10.1. The van der Waals surface area contributed by atoms with Gasteiger partial charge >= 0.3 is 5.69 Å². The van der Waals surface area contributed by atoms with Crippen LogP contribution in [-0.4, -0.2) is 15.3 Å². The predicted molar refractivity (Wildman–Crippen MR) is 81.5 cm³/mol. The summed E-state index contributed by atoms with van der Waals surface area (Å²) in [7, 11) is 0. The van der Waals surface area contributed by atoms with E-state index >= 15 is 0 Å². The van der Waals surface area contributed by atoms with E-state index in [2.05, 4.69) is 20.9 Å². The molecule has 1 aromatic heterocycles. The molecule has 0 aliphatic heterocycles. The number of Topliss-reactive ketones (excluding diaryl/α,β-unsaturated/α-hetero) is 1. The molecule has 0 fully saturated rings. The van der Waals surface area contributed by atoms with E-state index < -0.39 is 5.69 Å². The molecule has 104 valence electrons. The van der Waals surface area contributed by atoms with Gasteiger partial charge in [0.25, 0.3) is 0 Å². The van der Waals surface area contributed by atoms with Crippen molar-refractivity contribution in [2.24, 2.45) is 0 Å². The van der Waals surface area contributed by atoms with E-state index in [0.29, 0.717) is 22.0 Å². The number of hydrogen-bond acceptors (Lipinski definition) is 3. The summed E-state index contributed by atoms with van der Waals surface area (Å²) >= 11 is 9.15. The van der Waals surface area contributed by atoms with Crippen LogP contribution in [0.5, 0.6) is 0 Å². The number of ketones is 1. The Morgan fingerprint density at radius 3 is 2.50 bits per heavy atom. The minimum atomic E-state index is -0.425. The van der Waals surface area contributed by atoms with Gasteiger partial charge in [-0.25, -0.2) is 4.79 Å². The number of rotatable bonds is 3. The van der Waals surface area contributed by atoms with Crippen LogP contribution in [0.3, 0.4) is 0 Å². The van der Waals surface area contributed by atoms with Crippen molar-refractivity contribution in [2.75, 3.05) is 0 Å². The Balaban J connectivity index is 2.35. The highest BCUT2D eigenvalue weighted by Gasteiger charge is 2.13. The van der Waals surface area contributed by atoms with Gasteiger partial charge in [-0.05, 0) is 54.0 Å². The Kier molecular flexibility index (Phi) is 4.40. The summed E-state index contributed by atoms with van der Waals surface area (Å²) in [4.78, 5) is 28.0. The molecule has 6 heteroatoms. The van der Waals surface area contributed by atoms with Crippen LogP contribution >= 0.6 is 27.5 Å². The van der Waals surface area contributed by atoms with E-state index in [1.807, 2.05) is 0 Å². The second-order valence-electron chi connectivity index (χ2n) is 4.40. The van der Waals surface area contributed by atoms with Gasteiger partial charge in [0.15, 0.2) is 5.78 Å². The molecule has 0 saturated heterocycles. The second kappa shape index (κ2) is 5.89. The average Bonchev–Trinajstić information content (AvgIpc) is 2.42. The number of aromatic nitrogens is 2. The van der Waals surface area contributed by atoms with Crippen LogP contribution < -0.4 is 5.69 Å². The molecular weight excluding hydrogens is 344 g/mol. The third-order valence-corrected chi connectivity index (χ3v) is 4.40. The standard InChI is InChI=1S/C14H12BrClN2O2/c1-8-13(15)9(2)18(14(20)17-8)7-12(19)10-3-5-11(16)6-4-10/h3-6H,7H2,1-2H3. The minimum absolute atomic E-state index is 0.0435. The van der Waals surface area contributed by atoms with Crippen molar-refractivity contribution in [1.82, 2.24) is 9.55 Å². The topological polar surface area (TPSA) is 52.0 Å². The smallest absolute Gasteiger partial charge is 0.292 e. The number of carbonyl (C=O) groups is 1. The summed E-state index contributed by atoms with van der Waals surface area (Å²) in [5.41, 5.74) is 1.38. The van der Waals surface area contributed by atoms with E-state index in [9.17, 15) is 9.59 Å². The molecule has 2 aromatic rings. The van der Waals surface area contributed by atoms with E-state index in [-0.39, 0.29) is 12.3 Å². The van der Waals surface area contributed by atoms with Gasteiger partial charge in [-0.1, -0.05) is 11.6 Å². The van der Waals surface area contributed by atoms with Crippen molar-refractivity contribution >= 4 is 33.3 Å². The predicted octanol–water partition coefficient (Wildman–Crippen LogP) is 3.16. The first kappa shape index (κ1) is 14.9. The molecule has 0 bridgehead atoms. The molecule has 0 atom stereocenters. The van der Waals surface area contributed by atoms with Crippen LogP contribution in [0.15, 0.2) is 33.5 Å². The highest BCUT2D eigenvalue weighted by Crippen LogP contribution is 2.17. The summed E-state index contributed by atoms with van der Waals surface area (Å²) in [6.07, 6.45) is 0. The molecule has 0 spiro atoms. The zero-order chi connectivity index (χ0) is 14.9. The summed E-state index contributed by atoms with van der Waals surface area (Å²) in [5, 5.41) is 0.564. The Morgan fingerprint density at radius 2 is 1.90 bits per heavy atom. The van der Waals surface area contributed by atoms with Crippen molar-refractivity contribution in [2.45, 2.75) is 20.4 Å². The van der Waals surface area contributed by atoms with E-state index in [0.717, 1.165) is 4.47 Å². The zero-order valence-corrected chi connectivity index (χ0v) is 13.3. The lowest BCUT2D eigenvalue weighted by Crippen LogP contribution is -2.29. The SMILES string of the molecule is Cc1nc(=O)n(CC(=O)c2ccc(Cl)cc2)c(C)c1Br. The molecule has 0 unspecified atom stereocenters. The fraction of sp³-hybridized carbons (Fsp3) is 0.214. The van der Waals surface area contributed by atoms with Gasteiger partial charge in [0.2, 0.25) is 0 Å². The number of benzene rings is 1. The highest BCUT2D eigenvalue weighted by atomic mass is 79.9. The van der Waals surface area contributed by atoms with E-state index in [1.54, 1.807) is 38.1 Å². The van der Waals surface area contributed by atoms with Crippen LogP contribution in [0.1, 0.15) is 21.7 Å². The van der Waals surface area contributed by atoms with Crippen molar-refractivity contribution < 1.29 is 4.79 Å². The molecule has 0 N–H and O–H groups in total. The number of carbonyl (C=O) groups excluding carboxylic acids is 1. The first-order valence-corrected chi connectivity index (χ1v) is 7.09. The van der Waals surface area contributed by atoms with Gasteiger partial charge in [-0.15, -0.1) is 0 Å². The average molecular weight is 356 g/mol. The monoisotopic (exact) mass is 354 g/mol. The quantitative estimate of drug-likeness (QED) is 0.795. The third kappa shape index (κ3) is 2.99. The number of halogens is 2. The van der Waals surface area contributed by atoms with Crippen LogP contribution in [0.4, 0.5) is 0 Å². The molecule has 4 nitrogen and oxygen atoms in total. The number of hydrogen-bond donors (Lipinski definition) is 0. The maximum absolute atomic E-state index is 12.2. The molecular formula is C14H12BrClN2O2. The molecule has 0 aliphatic carbocycles. The van der Waals surface area contributed by atoms with Gasteiger partial charge in [0, 0.05) is 16.3 Å². The van der Waals surface area contributed by atoms with Gasteiger partial charge in [0.1, 0.15) is 0 Å². The van der Waals surface area contributed by atoms with Crippen LogP contribution in [0, 0.1) is 13.8 Å². The summed E-state index contributed by atoms with van der Waals surface area (Å²) in [5.74, 6) is -0.163. The Labute approximate surface area is 129 Å². The lowest BCUT2D eigenvalue weighted by molar-refractivity contribution is 0.0969. The molecule has 2 rings (SSSR count). The number of aryl methyl sites for hydroxylation is 1. The Morgan fingerprint density at radius 1 is 1.30 bits per heavy atom. The minimum Gasteiger partial charge on any atom is -0.292 e. The number of nitrogens with zero attached hydrogens (tertiary/aromatic N) is 2. The molecule has 1 aromatic carbocycles. The van der Waals surface area contributed by atoms with Crippen molar-refractivity contribution in [3.05, 3.63) is 61.2 Å². The van der Waals surface area contributed by atoms with Crippen molar-refractivity contribution in [3.63, 3.8) is 0 Å². The third-order valence-electron chi connectivity index (χ3n) is 3.00.